The van der Waals surface area contributed by atoms with E-state index in [1.165, 1.54) is 0 Å². The molecule has 5 heteroatoms. The van der Waals surface area contributed by atoms with Crippen molar-refractivity contribution in [3.63, 3.8) is 0 Å². The number of carboxylic acid groups (broad SMARTS) is 1. The van der Waals surface area contributed by atoms with Crippen molar-refractivity contribution < 1.29 is 14.7 Å². The molecule has 1 aromatic rings. The number of nitrogens with one attached hydrogen (secondary N) is 1. The highest BCUT2D eigenvalue weighted by molar-refractivity contribution is 5.92. The Bertz CT molecular complexity index is 404. The first-order valence-electron chi connectivity index (χ1n) is 4.85. The number of carbonyl (C=O) groups is 2. The van der Waals surface area contributed by atoms with Crippen LogP contribution in [0.3, 0.4) is 0 Å². The zero-order valence-electron chi connectivity index (χ0n) is 8.93. The predicted octanol–water partition coefficient (Wildman–Crippen LogP) is 0.348. The van der Waals surface area contributed by atoms with Crippen molar-refractivity contribution in [1.29, 1.82) is 0 Å². The van der Waals surface area contributed by atoms with Crippen molar-refractivity contribution in [2.24, 2.45) is 5.73 Å². The molecule has 0 aliphatic heterocycles. The zero-order chi connectivity index (χ0) is 12.1. The lowest BCUT2D eigenvalue weighted by atomic mass is 10.1. The minimum atomic E-state index is -0.911. The smallest absolute Gasteiger partial charge is 0.320 e. The summed E-state index contributed by atoms with van der Waals surface area (Å²) in [7, 11) is 0. The van der Waals surface area contributed by atoms with Gasteiger partial charge in [0.25, 0.3) is 0 Å². The van der Waals surface area contributed by atoms with Gasteiger partial charge in [-0.1, -0.05) is 12.1 Å². The molecule has 4 N–H and O–H groups in total. The SMILES string of the molecule is C[C@H](NCc1cccc(C(N)=O)c1)C(=O)O. The van der Waals surface area contributed by atoms with Gasteiger partial charge in [0.15, 0.2) is 0 Å². The van der Waals surface area contributed by atoms with Crippen LogP contribution in [0.2, 0.25) is 0 Å². The predicted molar refractivity (Wildman–Crippen MR) is 58.9 cm³/mol. The van der Waals surface area contributed by atoms with E-state index < -0.39 is 17.9 Å². The van der Waals surface area contributed by atoms with Crippen molar-refractivity contribution in [3.05, 3.63) is 35.4 Å². The number of hydrogen-bond donors (Lipinski definition) is 3. The Morgan fingerprint density at radius 1 is 1.50 bits per heavy atom. The molecule has 0 unspecified atom stereocenters. The fourth-order valence-electron chi connectivity index (χ4n) is 1.19. The van der Waals surface area contributed by atoms with Gasteiger partial charge >= 0.3 is 5.97 Å². The first-order valence-corrected chi connectivity index (χ1v) is 4.85. The van der Waals surface area contributed by atoms with Gasteiger partial charge in [-0.2, -0.15) is 0 Å². The van der Waals surface area contributed by atoms with Gasteiger partial charge in [-0.15, -0.1) is 0 Å². The summed E-state index contributed by atoms with van der Waals surface area (Å²) in [4.78, 5) is 21.5. The summed E-state index contributed by atoms with van der Waals surface area (Å²) in [6.07, 6.45) is 0. The molecule has 1 aromatic carbocycles. The molecule has 5 nitrogen and oxygen atoms in total. The zero-order valence-corrected chi connectivity index (χ0v) is 8.93. The second-order valence-corrected chi connectivity index (χ2v) is 3.51. The molecule has 1 amide bonds. The van der Waals surface area contributed by atoms with Crippen LogP contribution in [0.4, 0.5) is 0 Å². The Labute approximate surface area is 93.3 Å². The number of carboxylic acids is 1. The fourth-order valence-corrected chi connectivity index (χ4v) is 1.19. The van der Waals surface area contributed by atoms with Crippen molar-refractivity contribution in [3.8, 4) is 0 Å². The van der Waals surface area contributed by atoms with E-state index in [-0.39, 0.29) is 0 Å². The minimum Gasteiger partial charge on any atom is -0.480 e. The number of hydrogen-bond acceptors (Lipinski definition) is 3. The second kappa shape index (κ2) is 5.27. The van der Waals surface area contributed by atoms with Crippen molar-refractivity contribution in [2.75, 3.05) is 0 Å². The number of aliphatic carboxylic acids is 1. The topological polar surface area (TPSA) is 92.4 Å². The number of carbonyl (C=O) groups excluding carboxylic acids is 1. The van der Waals surface area contributed by atoms with Crippen LogP contribution < -0.4 is 11.1 Å². The third kappa shape index (κ3) is 3.36. The molecule has 1 rings (SSSR count). The molecular weight excluding hydrogens is 208 g/mol. The molecular formula is C11H14N2O3. The van der Waals surface area contributed by atoms with E-state index in [1.54, 1.807) is 31.2 Å². The summed E-state index contributed by atoms with van der Waals surface area (Å²) in [5.74, 6) is -1.40. The molecule has 86 valence electrons. The molecule has 0 bridgehead atoms. The lowest BCUT2D eigenvalue weighted by molar-refractivity contribution is -0.139. The number of amides is 1. The van der Waals surface area contributed by atoms with Crippen LogP contribution >= 0.6 is 0 Å². The third-order valence-corrected chi connectivity index (χ3v) is 2.19. The number of primary amides is 1. The summed E-state index contributed by atoms with van der Waals surface area (Å²) in [6.45, 7) is 1.94. The molecule has 1 atom stereocenters. The van der Waals surface area contributed by atoms with Crippen molar-refractivity contribution >= 4 is 11.9 Å². The van der Waals surface area contributed by atoms with Crippen LogP contribution in [0.1, 0.15) is 22.8 Å². The molecule has 0 saturated carbocycles. The van der Waals surface area contributed by atoms with E-state index in [2.05, 4.69) is 5.32 Å². The van der Waals surface area contributed by atoms with Gasteiger partial charge in [0, 0.05) is 12.1 Å². The standard InChI is InChI=1S/C11H14N2O3/c1-7(11(15)16)13-6-8-3-2-4-9(5-8)10(12)14/h2-5,7,13H,6H2,1H3,(H2,12,14)(H,15,16)/t7-/m0/s1. The summed E-state index contributed by atoms with van der Waals surface area (Å²) < 4.78 is 0. The van der Waals surface area contributed by atoms with E-state index in [4.69, 9.17) is 10.8 Å². The highest BCUT2D eigenvalue weighted by Gasteiger charge is 2.09. The first-order chi connectivity index (χ1) is 7.50. The lowest BCUT2D eigenvalue weighted by Gasteiger charge is -2.09. The van der Waals surface area contributed by atoms with Crippen molar-refractivity contribution in [2.45, 2.75) is 19.5 Å². The number of rotatable bonds is 5. The summed E-state index contributed by atoms with van der Waals surface area (Å²) in [6, 6.07) is 6.14. The van der Waals surface area contributed by atoms with Gasteiger partial charge in [0.1, 0.15) is 6.04 Å². The van der Waals surface area contributed by atoms with Crippen LogP contribution in [-0.4, -0.2) is 23.0 Å². The molecule has 0 saturated heterocycles. The Morgan fingerprint density at radius 3 is 2.75 bits per heavy atom. The average Bonchev–Trinajstić information content (AvgIpc) is 2.26. The molecule has 0 radical (unpaired) electrons. The van der Waals surface area contributed by atoms with Crippen LogP contribution in [0.25, 0.3) is 0 Å². The number of nitrogens with two attached hydrogens (primary N) is 1. The first kappa shape index (κ1) is 12.2. The number of benzene rings is 1. The van der Waals surface area contributed by atoms with Crippen LogP contribution in [-0.2, 0) is 11.3 Å². The van der Waals surface area contributed by atoms with Gasteiger partial charge in [0.2, 0.25) is 5.91 Å². The molecule has 0 fully saturated rings. The Kier molecular flexibility index (Phi) is 4.02. The maximum atomic E-state index is 10.9. The van der Waals surface area contributed by atoms with Gasteiger partial charge in [-0.3, -0.25) is 9.59 Å². The quantitative estimate of drug-likeness (QED) is 0.670. The van der Waals surface area contributed by atoms with Crippen LogP contribution in [0.15, 0.2) is 24.3 Å². The normalized spacial score (nSPS) is 12.1. The molecule has 0 aliphatic rings. The summed E-state index contributed by atoms with van der Waals surface area (Å²) in [5, 5.41) is 11.5. The van der Waals surface area contributed by atoms with Gasteiger partial charge in [0.05, 0.1) is 0 Å². The van der Waals surface area contributed by atoms with E-state index in [1.807, 2.05) is 0 Å². The van der Waals surface area contributed by atoms with E-state index in [0.717, 1.165) is 5.56 Å². The largest absolute Gasteiger partial charge is 0.480 e. The average molecular weight is 222 g/mol. The highest BCUT2D eigenvalue weighted by Crippen LogP contribution is 2.04. The fraction of sp³-hybridized carbons (Fsp3) is 0.273. The molecule has 0 heterocycles. The van der Waals surface area contributed by atoms with E-state index >= 15 is 0 Å². The Balaban J connectivity index is 2.64. The van der Waals surface area contributed by atoms with Crippen LogP contribution in [0.5, 0.6) is 0 Å². The molecule has 16 heavy (non-hydrogen) atoms. The highest BCUT2D eigenvalue weighted by atomic mass is 16.4. The Morgan fingerprint density at radius 2 is 2.19 bits per heavy atom. The van der Waals surface area contributed by atoms with Gasteiger partial charge in [-0.05, 0) is 24.6 Å². The molecule has 0 spiro atoms. The lowest BCUT2D eigenvalue weighted by Crippen LogP contribution is -2.33. The summed E-state index contributed by atoms with van der Waals surface area (Å²) >= 11 is 0. The Hall–Kier alpha value is -1.88. The van der Waals surface area contributed by atoms with Gasteiger partial charge in [-0.25, -0.2) is 0 Å². The monoisotopic (exact) mass is 222 g/mol. The summed E-state index contributed by atoms with van der Waals surface area (Å²) in [5.41, 5.74) is 6.38. The van der Waals surface area contributed by atoms with E-state index in [9.17, 15) is 9.59 Å². The van der Waals surface area contributed by atoms with E-state index in [0.29, 0.717) is 12.1 Å². The van der Waals surface area contributed by atoms with Crippen molar-refractivity contribution in [1.82, 2.24) is 5.32 Å². The van der Waals surface area contributed by atoms with Crippen LogP contribution in [0, 0.1) is 0 Å². The molecule has 0 aromatic heterocycles. The molecule has 0 aliphatic carbocycles. The second-order valence-electron chi connectivity index (χ2n) is 3.51. The maximum absolute atomic E-state index is 10.9. The minimum absolute atomic E-state index is 0.384. The van der Waals surface area contributed by atoms with Gasteiger partial charge < -0.3 is 16.2 Å². The third-order valence-electron chi connectivity index (χ3n) is 2.19. The maximum Gasteiger partial charge on any atom is 0.320 e.